The van der Waals surface area contributed by atoms with Gasteiger partial charge in [0.15, 0.2) is 5.79 Å². The van der Waals surface area contributed by atoms with E-state index in [4.69, 9.17) is 5.11 Å². The monoisotopic (exact) mass is 196 g/mol. The van der Waals surface area contributed by atoms with Gasteiger partial charge < -0.3 is 15.3 Å². The van der Waals surface area contributed by atoms with Gasteiger partial charge in [0.2, 0.25) is 0 Å². The highest BCUT2D eigenvalue weighted by molar-refractivity contribution is 5.89. The second-order valence-electron chi connectivity index (χ2n) is 3.02. The van der Waals surface area contributed by atoms with E-state index in [-0.39, 0.29) is 17.5 Å². The predicted molar refractivity (Wildman–Crippen MR) is 49.8 cm³/mol. The largest absolute Gasteiger partial charge is 0.478 e. The molecular weight excluding hydrogens is 184 g/mol. The van der Waals surface area contributed by atoms with E-state index in [2.05, 4.69) is 0 Å². The molecule has 0 fully saturated rings. The summed E-state index contributed by atoms with van der Waals surface area (Å²) >= 11 is 0. The summed E-state index contributed by atoms with van der Waals surface area (Å²) in [5.74, 6) is -3.24. The zero-order chi connectivity index (χ0) is 10.8. The smallest absolute Gasteiger partial charge is 0.336 e. The number of hydrogen-bond acceptors (Lipinski definition) is 3. The topological polar surface area (TPSA) is 77.8 Å². The molecular formula is C10H12O4. The Morgan fingerprint density at radius 1 is 1.36 bits per heavy atom. The standard InChI is InChI=1S/C10H12O4/c1-2-10(13,14)8-6-4-3-5-7(8)9(11)12/h3-6,13-14H,2H2,1H3,(H,11,12). The molecule has 14 heavy (non-hydrogen) atoms. The number of carboxylic acids is 1. The summed E-state index contributed by atoms with van der Waals surface area (Å²) in [6.45, 7) is 1.57. The second-order valence-corrected chi connectivity index (χ2v) is 3.02. The lowest BCUT2D eigenvalue weighted by Crippen LogP contribution is -2.26. The zero-order valence-electron chi connectivity index (χ0n) is 7.77. The van der Waals surface area contributed by atoms with E-state index in [1.54, 1.807) is 19.1 Å². The van der Waals surface area contributed by atoms with E-state index in [1.165, 1.54) is 12.1 Å². The Labute approximate surface area is 81.4 Å². The van der Waals surface area contributed by atoms with Crippen LogP contribution in [-0.2, 0) is 5.79 Å². The molecule has 4 heteroatoms. The summed E-state index contributed by atoms with van der Waals surface area (Å²) in [4.78, 5) is 10.8. The molecule has 0 atom stereocenters. The molecule has 0 unspecified atom stereocenters. The van der Waals surface area contributed by atoms with Crippen LogP contribution in [0.2, 0.25) is 0 Å². The highest BCUT2D eigenvalue weighted by Gasteiger charge is 2.28. The molecule has 1 aromatic rings. The molecule has 0 saturated carbocycles. The van der Waals surface area contributed by atoms with Gasteiger partial charge >= 0.3 is 5.97 Å². The first-order valence-electron chi connectivity index (χ1n) is 4.26. The second kappa shape index (κ2) is 3.77. The average Bonchev–Trinajstić information content (AvgIpc) is 2.18. The quantitative estimate of drug-likeness (QED) is 0.628. The van der Waals surface area contributed by atoms with Crippen molar-refractivity contribution >= 4 is 5.97 Å². The lowest BCUT2D eigenvalue weighted by molar-refractivity contribution is -0.171. The summed E-state index contributed by atoms with van der Waals surface area (Å²) in [7, 11) is 0. The fourth-order valence-corrected chi connectivity index (χ4v) is 1.21. The van der Waals surface area contributed by atoms with Crippen LogP contribution < -0.4 is 0 Å². The van der Waals surface area contributed by atoms with Gasteiger partial charge in [-0.25, -0.2) is 4.79 Å². The molecule has 1 aromatic carbocycles. The Morgan fingerprint density at radius 2 is 1.93 bits per heavy atom. The normalized spacial score (nSPS) is 11.4. The van der Waals surface area contributed by atoms with Crippen molar-refractivity contribution < 1.29 is 20.1 Å². The van der Waals surface area contributed by atoms with Crippen LogP contribution in [0.4, 0.5) is 0 Å². The minimum Gasteiger partial charge on any atom is -0.478 e. The van der Waals surface area contributed by atoms with Crippen molar-refractivity contribution in [2.45, 2.75) is 19.1 Å². The minimum atomic E-state index is -2.07. The fourth-order valence-electron chi connectivity index (χ4n) is 1.21. The number of rotatable bonds is 3. The van der Waals surface area contributed by atoms with E-state index in [9.17, 15) is 15.0 Å². The van der Waals surface area contributed by atoms with Gasteiger partial charge in [0, 0.05) is 12.0 Å². The van der Waals surface area contributed by atoms with Gasteiger partial charge in [0.1, 0.15) is 0 Å². The number of carbonyl (C=O) groups is 1. The van der Waals surface area contributed by atoms with Crippen LogP contribution in [0.5, 0.6) is 0 Å². The SMILES string of the molecule is CCC(O)(O)c1ccccc1C(=O)O. The van der Waals surface area contributed by atoms with Gasteiger partial charge in [-0.3, -0.25) is 0 Å². The Bertz CT molecular complexity index is 344. The highest BCUT2D eigenvalue weighted by atomic mass is 16.5. The summed E-state index contributed by atoms with van der Waals surface area (Å²) in [6, 6.07) is 5.85. The van der Waals surface area contributed by atoms with Crippen molar-refractivity contribution in [2.24, 2.45) is 0 Å². The van der Waals surface area contributed by atoms with Gasteiger partial charge in [-0.05, 0) is 6.07 Å². The van der Waals surface area contributed by atoms with Crippen LogP contribution in [-0.4, -0.2) is 21.3 Å². The van der Waals surface area contributed by atoms with Crippen molar-refractivity contribution in [3.05, 3.63) is 35.4 Å². The third-order valence-corrected chi connectivity index (χ3v) is 2.08. The van der Waals surface area contributed by atoms with Crippen LogP contribution in [0, 0.1) is 0 Å². The number of hydrogen-bond donors (Lipinski definition) is 3. The van der Waals surface area contributed by atoms with Crippen molar-refractivity contribution in [1.29, 1.82) is 0 Å². The molecule has 1 rings (SSSR count). The first-order valence-corrected chi connectivity index (χ1v) is 4.26. The summed E-state index contributed by atoms with van der Waals surface area (Å²) < 4.78 is 0. The third kappa shape index (κ3) is 1.92. The van der Waals surface area contributed by atoms with Crippen molar-refractivity contribution in [2.75, 3.05) is 0 Å². The molecule has 0 aliphatic rings. The summed E-state index contributed by atoms with van der Waals surface area (Å²) in [5.41, 5.74) is -0.0608. The molecule has 0 aromatic heterocycles. The Kier molecular flexibility index (Phi) is 2.88. The molecule has 0 aliphatic heterocycles. The molecule has 0 bridgehead atoms. The molecule has 0 radical (unpaired) electrons. The fraction of sp³-hybridized carbons (Fsp3) is 0.300. The Balaban J connectivity index is 3.27. The van der Waals surface area contributed by atoms with Crippen LogP contribution in [0.3, 0.4) is 0 Å². The van der Waals surface area contributed by atoms with Crippen molar-refractivity contribution in [3.8, 4) is 0 Å². The summed E-state index contributed by atoms with van der Waals surface area (Å²) in [5, 5.41) is 27.8. The zero-order valence-corrected chi connectivity index (χ0v) is 7.77. The van der Waals surface area contributed by atoms with Crippen LogP contribution in [0.1, 0.15) is 29.3 Å². The Hall–Kier alpha value is -1.39. The lowest BCUT2D eigenvalue weighted by Gasteiger charge is -2.21. The highest BCUT2D eigenvalue weighted by Crippen LogP contribution is 2.24. The van der Waals surface area contributed by atoms with Crippen LogP contribution in [0.25, 0.3) is 0 Å². The Morgan fingerprint density at radius 3 is 2.43 bits per heavy atom. The van der Waals surface area contributed by atoms with E-state index in [1.807, 2.05) is 0 Å². The third-order valence-electron chi connectivity index (χ3n) is 2.08. The number of benzene rings is 1. The van der Waals surface area contributed by atoms with E-state index in [0.717, 1.165) is 0 Å². The number of aliphatic hydroxyl groups is 2. The predicted octanol–water partition coefficient (Wildman–Crippen LogP) is 0.932. The molecule has 3 N–H and O–H groups in total. The van der Waals surface area contributed by atoms with Gasteiger partial charge in [-0.15, -0.1) is 0 Å². The molecule has 0 saturated heterocycles. The van der Waals surface area contributed by atoms with Gasteiger partial charge in [-0.2, -0.15) is 0 Å². The maximum Gasteiger partial charge on any atom is 0.336 e. The summed E-state index contributed by atoms with van der Waals surface area (Å²) in [6.07, 6.45) is 0.0390. The first kappa shape index (κ1) is 10.7. The minimum absolute atomic E-state index is 0.0231. The molecule has 0 aliphatic carbocycles. The number of aromatic carboxylic acids is 1. The maximum absolute atomic E-state index is 10.8. The molecule has 0 amide bonds. The van der Waals surface area contributed by atoms with Crippen LogP contribution in [0.15, 0.2) is 24.3 Å². The molecule has 4 nitrogen and oxygen atoms in total. The number of carboxylic acid groups (broad SMARTS) is 1. The maximum atomic E-state index is 10.8. The average molecular weight is 196 g/mol. The van der Waals surface area contributed by atoms with Gasteiger partial charge in [0.25, 0.3) is 0 Å². The van der Waals surface area contributed by atoms with Gasteiger partial charge in [-0.1, -0.05) is 25.1 Å². The molecule has 0 spiro atoms. The molecule has 0 heterocycles. The first-order chi connectivity index (χ1) is 6.49. The van der Waals surface area contributed by atoms with E-state index >= 15 is 0 Å². The van der Waals surface area contributed by atoms with E-state index < -0.39 is 11.8 Å². The van der Waals surface area contributed by atoms with Gasteiger partial charge in [0.05, 0.1) is 5.56 Å². The molecule has 76 valence electrons. The lowest BCUT2D eigenvalue weighted by atomic mass is 9.98. The van der Waals surface area contributed by atoms with Crippen molar-refractivity contribution in [3.63, 3.8) is 0 Å². The van der Waals surface area contributed by atoms with Crippen molar-refractivity contribution in [1.82, 2.24) is 0 Å². The van der Waals surface area contributed by atoms with E-state index in [0.29, 0.717) is 0 Å². The van der Waals surface area contributed by atoms with Crippen LogP contribution >= 0.6 is 0 Å².